The van der Waals surface area contributed by atoms with Crippen LogP contribution in [0.25, 0.3) is 0 Å². The first kappa shape index (κ1) is 23.5. The highest BCUT2D eigenvalue weighted by Crippen LogP contribution is 2.48. The zero-order chi connectivity index (χ0) is 25.2. The molecule has 0 bridgehead atoms. The molecular formula is C29H25FN2O4. The summed E-state index contributed by atoms with van der Waals surface area (Å²) < 4.78 is 15.3. The summed E-state index contributed by atoms with van der Waals surface area (Å²) in [6.45, 7) is 0. The Labute approximate surface area is 208 Å². The monoisotopic (exact) mass is 484 g/mol. The predicted molar refractivity (Wildman–Crippen MR) is 134 cm³/mol. The first-order valence-electron chi connectivity index (χ1n) is 11.9. The van der Waals surface area contributed by atoms with Crippen LogP contribution in [0.15, 0.2) is 90.1 Å². The minimum absolute atomic E-state index is 0.0624. The number of Topliss-reactive ketones (excluding diaryl/α,β-unsaturated/α-hetero) is 1. The number of hydrogen-bond acceptors (Lipinski definition) is 4. The van der Waals surface area contributed by atoms with Crippen LogP contribution in [0.3, 0.4) is 0 Å². The van der Waals surface area contributed by atoms with E-state index < -0.39 is 23.7 Å². The highest BCUT2D eigenvalue weighted by Gasteiger charge is 2.42. The number of benzene rings is 3. The van der Waals surface area contributed by atoms with Crippen molar-refractivity contribution >= 4 is 29.0 Å². The first-order chi connectivity index (χ1) is 17.4. The van der Waals surface area contributed by atoms with Crippen molar-refractivity contribution in [3.05, 3.63) is 107 Å². The van der Waals surface area contributed by atoms with Crippen molar-refractivity contribution < 1.29 is 23.9 Å². The van der Waals surface area contributed by atoms with Crippen LogP contribution in [-0.4, -0.2) is 22.8 Å². The number of halogens is 1. The Morgan fingerprint density at radius 3 is 2.36 bits per heavy atom. The number of fused-ring (bicyclic) bond motifs is 1. The van der Waals surface area contributed by atoms with Gasteiger partial charge in [0.15, 0.2) is 5.78 Å². The van der Waals surface area contributed by atoms with Gasteiger partial charge in [-0.15, -0.1) is 0 Å². The Morgan fingerprint density at radius 2 is 1.61 bits per heavy atom. The van der Waals surface area contributed by atoms with E-state index in [9.17, 15) is 19.5 Å². The Kier molecular flexibility index (Phi) is 6.38. The summed E-state index contributed by atoms with van der Waals surface area (Å²) in [6, 6.07) is 22.0. The molecule has 1 aliphatic heterocycles. The van der Waals surface area contributed by atoms with E-state index in [1.807, 2.05) is 36.4 Å². The van der Waals surface area contributed by atoms with E-state index in [1.54, 1.807) is 36.4 Å². The number of para-hydroxylation sites is 2. The van der Waals surface area contributed by atoms with E-state index in [2.05, 4.69) is 5.32 Å². The molecule has 1 amide bonds. The lowest BCUT2D eigenvalue weighted by atomic mass is 9.78. The molecule has 182 valence electrons. The first-order valence-corrected chi connectivity index (χ1v) is 11.9. The number of hydrogen-bond donors (Lipinski definition) is 2. The molecule has 1 aliphatic carbocycles. The summed E-state index contributed by atoms with van der Waals surface area (Å²) in [5.41, 5.74) is 3.29. The van der Waals surface area contributed by atoms with Crippen LogP contribution in [0.4, 0.5) is 15.8 Å². The Morgan fingerprint density at radius 1 is 0.917 bits per heavy atom. The van der Waals surface area contributed by atoms with Crippen LogP contribution < -0.4 is 10.2 Å². The number of carboxylic acid groups (broad SMARTS) is 1. The van der Waals surface area contributed by atoms with Crippen molar-refractivity contribution in [1.29, 1.82) is 0 Å². The molecule has 3 aromatic carbocycles. The van der Waals surface area contributed by atoms with Gasteiger partial charge in [-0.1, -0.05) is 60.7 Å². The molecule has 0 aromatic heterocycles. The Bertz CT molecular complexity index is 1370. The van der Waals surface area contributed by atoms with E-state index in [1.165, 1.54) is 11.0 Å². The minimum Gasteiger partial charge on any atom is -0.481 e. The number of carbonyl (C=O) groups is 3. The van der Waals surface area contributed by atoms with Crippen LogP contribution in [-0.2, 0) is 14.4 Å². The van der Waals surface area contributed by atoms with Gasteiger partial charge in [0, 0.05) is 29.7 Å². The third-order valence-corrected chi connectivity index (χ3v) is 6.78. The lowest BCUT2D eigenvalue weighted by Gasteiger charge is -2.35. The van der Waals surface area contributed by atoms with Crippen LogP contribution in [0.5, 0.6) is 0 Å². The predicted octanol–water partition coefficient (Wildman–Crippen LogP) is 5.59. The number of rotatable bonds is 5. The summed E-state index contributed by atoms with van der Waals surface area (Å²) in [6.07, 6.45) is 0.0907. The smallest absolute Gasteiger partial charge is 0.303 e. The molecule has 2 aliphatic rings. The second kappa shape index (κ2) is 9.77. The number of anilines is 2. The molecule has 0 fully saturated rings. The molecular weight excluding hydrogens is 459 g/mol. The van der Waals surface area contributed by atoms with E-state index in [4.69, 9.17) is 0 Å². The zero-order valence-electron chi connectivity index (χ0n) is 19.5. The standard InChI is InChI=1S/C29H25FN2O4/c30-21-11-5-4-10-20(21)29-28-23(16-19(17-25(28)33)18-8-2-1-3-9-18)31-22-12-6-7-13-24(22)32(29)26(34)14-15-27(35)36/h1-13,19,29,31H,14-17H2,(H,35,36)/t19-,29+/m0/s1. The number of carbonyl (C=O) groups excluding carboxylic acids is 2. The van der Waals surface area contributed by atoms with Crippen molar-refractivity contribution in [3.8, 4) is 0 Å². The molecule has 36 heavy (non-hydrogen) atoms. The van der Waals surface area contributed by atoms with E-state index in [0.29, 0.717) is 29.1 Å². The number of ketones is 1. The molecule has 0 saturated heterocycles. The molecule has 7 heteroatoms. The number of amides is 1. The second-order valence-electron chi connectivity index (χ2n) is 9.05. The van der Waals surface area contributed by atoms with Crippen LogP contribution in [0, 0.1) is 5.82 Å². The molecule has 2 N–H and O–H groups in total. The maximum Gasteiger partial charge on any atom is 0.303 e. The number of nitrogens with one attached hydrogen (secondary N) is 1. The van der Waals surface area contributed by atoms with Gasteiger partial charge in [0.2, 0.25) is 5.91 Å². The summed E-state index contributed by atoms with van der Waals surface area (Å²) in [5, 5.41) is 12.6. The Hall–Kier alpha value is -4.26. The Balaban J connectivity index is 1.70. The van der Waals surface area contributed by atoms with Gasteiger partial charge < -0.3 is 10.4 Å². The zero-order valence-corrected chi connectivity index (χ0v) is 19.5. The van der Waals surface area contributed by atoms with Crippen LogP contribution in [0.2, 0.25) is 0 Å². The summed E-state index contributed by atoms with van der Waals surface area (Å²) >= 11 is 0. The van der Waals surface area contributed by atoms with Gasteiger partial charge in [0.05, 0.1) is 23.8 Å². The lowest BCUT2D eigenvalue weighted by Crippen LogP contribution is -2.39. The van der Waals surface area contributed by atoms with Gasteiger partial charge in [-0.3, -0.25) is 19.3 Å². The molecule has 0 radical (unpaired) electrons. The number of nitrogens with zero attached hydrogens (tertiary/aromatic N) is 1. The van der Waals surface area contributed by atoms with E-state index >= 15 is 4.39 Å². The third-order valence-electron chi connectivity index (χ3n) is 6.78. The molecule has 1 heterocycles. The lowest BCUT2D eigenvalue weighted by molar-refractivity contribution is -0.138. The van der Waals surface area contributed by atoms with Crippen LogP contribution in [0.1, 0.15) is 48.8 Å². The molecule has 0 saturated carbocycles. The minimum atomic E-state index is -1.11. The highest BCUT2D eigenvalue weighted by atomic mass is 19.1. The van der Waals surface area contributed by atoms with Gasteiger partial charge in [0.25, 0.3) is 0 Å². The van der Waals surface area contributed by atoms with Gasteiger partial charge >= 0.3 is 5.97 Å². The van der Waals surface area contributed by atoms with Crippen molar-refractivity contribution in [3.63, 3.8) is 0 Å². The quantitative estimate of drug-likeness (QED) is 0.493. The van der Waals surface area contributed by atoms with Crippen molar-refractivity contribution in [2.75, 3.05) is 10.2 Å². The second-order valence-corrected chi connectivity index (χ2v) is 9.05. The maximum absolute atomic E-state index is 15.3. The third kappa shape index (κ3) is 4.40. The van der Waals surface area contributed by atoms with Crippen molar-refractivity contribution in [2.45, 2.75) is 37.6 Å². The largest absolute Gasteiger partial charge is 0.481 e. The van der Waals surface area contributed by atoms with E-state index in [-0.39, 0.29) is 36.5 Å². The van der Waals surface area contributed by atoms with E-state index in [0.717, 1.165) is 5.56 Å². The summed E-state index contributed by atoms with van der Waals surface area (Å²) in [7, 11) is 0. The van der Waals surface area contributed by atoms with Crippen molar-refractivity contribution in [1.82, 2.24) is 0 Å². The number of allylic oxidation sites excluding steroid dienone is 1. The summed E-state index contributed by atoms with van der Waals surface area (Å²) in [5.74, 6) is -2.37. The topological polar surface area (TPSA) is 86.7 Å². The number of aliphatic carboxylic acids is 1. The SMILES string of the molecule is O=C(O)CCC(=O)N1c2ccccc2NC2=C(C(=O)C[C@@H](c3ccccc3)C2)[C@H]1c1ccccc1F. The maximum atomic E-state index is 15.3. The molecule has 2 atom stereocenters. The van der Waals surface area contributed by atoms with Gasteiger partial charge in [0.1, 0.15) is 5.82 Å². The summed E-state index contributed by atoms with van der Waals surface area (Å²) in [4.78, 5) is 40.0. The molecule has 0 spiro atoms. The van der Waals surface area contributed by atoms with Crippen LogP contribution >= 0.6 is 0 Å². The molecule has 3 aromatic rings. The molecule has 6 nitrogen and oxygen atoms in total. The van der Waals surface area contributed by atoms with Gasteiger partial charge in [-0.05, 0) is 36.1 Å². The normalized spacial score (nSPS) is 19.1. The average molecular weight is 485 g/mol. The molecule has 0 unspecified atom stereocenters. The van der Waals surface area contributed by atoms with Gasteiger partial charge in [-0.25, -0.2) is 4.39 Å². The average Bonchev–Trinajstić information content (AvgIpc) is 3.02. The fraction of sp³-hybridized carbons (Fsp3) is 0.207. The number of carboxylic acids is 1. The van der Waals surface area contributed by atoms with Crippen molar-refractivity contribution in [2.24, 2.45) is 0 Å². The fourth-order valence-corrected chi connectivity index (χ4v) is 5.15. The molecule has 5 rings (SSSR count). The highest BCUT2D eigenvalue weighted by molar-refractivity contribution is 6.06. The fourth-order valence-electron chi connectivity index (χ4n) is 5.15. The van der Waals surface area contributed by atoms with Gasteiger partial charge in [-0.2, -0.15) is 0 Å².